The summed E-state index contributed by atoms with van der Waals surface area (Å²) < 4.78 is 27.8. The molecule has 1 amide bonds. The van der Waals surface area contributed by atoms with E-state index in [0.29, 0.717) is 29.3 Å². The predicted molar refractivity (Wildman–Crippen MR) is 109 cm³/mol. The van der Waals surface area contributed by atoms with Crippen molar-refractivity contribution in [2.45, 2.75) is 49.8 Å². The number of nitrogens with zero attached hydrogens (tertiary/aromatic N) is 1. The molecule has 7 heteroatoms. The van der Waals surface area contributed by atoms with E-state index in [4.69, 9.17) is 0 Å². The molecule has 3 rings (SSSR count). The zero-order chi connectivity index (χ0) is 19.4. The van der Waals surface area contributed by atoms with Crippen LogP contribution in [0.4, 0.5) is 0 Å². The fraction of sp³-hybridized carbons (Fsp3) is 0.450. The van der Waals surface area contributed by atoms with Gasteiger partial charge in [0.1, 0.15) is 4.21 Å². The van der Waals surface area contributed by atoms with E-state index in [1.807, 2.05) is 32.0 Å². The van der Waals surface area contributed by atoms with Crippen molar-refractivity contribution in [3.63, 3.8) is 0 Å². The molecule has 0 spiro atoms. The molecule has 1 aromatic heterocycles. The maximum Gasteiger partial charge on any atom is 0.252 e. The van der Waals surface area contributed by atoms with Crippen LogP contribution in [0.25, 0.3) is 0 Å². The molecule has 2 aromatic rings. The Hall–Kier alpha value is -1.70. The quantitative estimate of drug-likeness (QED) is 0.795. The summed E-state index contributed by atoms with van der Waals surface area (Å²) in [6, 6.07) is 9.12. The summed E-state index contributed by atoms with van der Waals surface area (Å²) in [5.74, 6) is -0.101. The second-order valence-corrected chi connectivity index (χ2v) is 10.1. The zero-order valence-corrected chi connectivity index (χ0v) is 17.4. The standard InChI is InChI=1S/C20H26N2O3S2/c1-15-8-9-18(16(2)14-15)20(23)21-11-10-17-6-3-4-12-22(17)27(24,25)19-7-5-13-26-19/h5,7-9,13-14,17H,3-4,6,10-12H2,1-2H3,(H,21,23). The van der Waals surface area contributed by atoms with Gasteiger partial charge in [-0.05, 0) is 56.2 Å². The number of thiophene rings is 1. The first-order chi connectivity index (χ1) is 12.9. The third kappa shape index (κ3) is 4.59. The number of nitrogens with one attached hydrogen (secondary N) is 1. The zero-order valence-electron chi connectivity index (χ0n) is 15.8. The van der Waals surface area contributed by atoms with Crippen LogP contribution in [0.1, 0.15) is 47.2 Å². The Morgan fingerprint density at radius 3 is 2.78 bits per heavy atom. The number of sulfonamides is 1. The average Bonchev–Trinajstić information content (AvgIpc) is 3.17. The Bertz CT molecular complexity index is 892. The van der Waals surface area contributed by atoms with Crippen LogP contribution in [0.3, 0.4) is 0 Å². The summed E-state index contributed by atoms with van der Waals surface area (Å²) in [6.45, 7) is 4.95. The van der Waals surface area contributed by atoms with E-state index in [-0.39, 0.29) is 11.9 Å². The van der Waals surface area contributed by atoms with Gasteiger partial charge in [0.15, 0.2) is 0 Å². The van der Waals surface area contributed by atoms with Crippen molar-refractivity contribution >= 4 is 27.3 Å². The largest absolute Gasteiger partial charge is 0.352 e. The fourth-order valence-corrected chi connectivity index (χ4v) is 6.46. The summed E-state index contributed by atoms with van der Waals surface area (Å²) in [5, 5.41) is 4.74. The van der Waals surface area contributed by atoms with Crippen LogP contribution in [-0.4, -0.2) is 37.8 Å². The SMILES string of the molecule is Cc1ccc(C(=O)NCCC2CCCCN2S(=O)(=O)c2cccs2)c(C)c1. The Kier molecular flexibility index (Phi) is 6.34. The first-order valence-electron chi connectivity index (χ1n) is 9.30. The van der Waals surface area contributed by atoms with Gasteiger partial charge in [0.25, 0.3) is 15.9 Å². The molecule has 0 radical (unpaired) electrons. The number of benzene rings is 1. The van der Waals surface area contributed by atoms with E-state index in [2.05, 4.69) is 5.32 Å². The summed E-state index contributed by atoms with van der Waals surface area (Å²) in [7, 11) is -3.44. The van der Waals surface area contributed by atoms with Crippen molar-refractivity contribution < 1.29 is 13.2 Å². The number of rotatable bonds is 6. The summed E-state index contributed by atoms with van der Waals surface area (Å²) in [6.07, 6.45) is 3.37. The molecule has 1 unspecified atom stereocenters. The van der Waals surface area contributed by atoms with Gasteiger partial charge in [0.05, 0.1) is 0 Å². The molecule has 1 atom stereocenters. The highest BCUT2D eigenvalue weighted by molar-refractivity contribution is 7.91. The van der Waals surface area contributed by atoms with E-state index in [1.54, 1.807) is 21.8 Å². The van der Waals surface area contributed by atoms with Crippen molar-refractivity contribution in [2.24, 2.45) is 0 Å². The number of piperidine rings is 1. The van der Waals surface area contributed by atoms with Crippen molar-refractivity contribution in [3.8, 4) is 0 Å². The molecule has 1 aliphatic heterocycles. The minimum atomic E-state index is -3.44. The van der Waals surface area contributed by atoms with Crippen molar-refractivity contribution in [2.75, 3.05) is 13.1 Å². The lowest BCUT2D eigenvalue weighted by Crippen LogP contribution is -2.45. The van der Waals surface area contributed by atoms with Crippen LogP contribution in [0.15, 0.2) is 39.9 Å². The predicted octanol–water partition coefficient (Wildman–Crippen LogP) is 3.73. The second-order valence-electron chi connectivity index (χ2n) is 7.06. The van der Waals surface area contributed by atoms with Crippen molar-refractivity contribution in [1.82, 2.24) is 9.62 Å². The summed E-state index contributed by atoms with van der Waals surface area (Å²) in [4.78, 5) is 12.4. The van der Waals surface area contributed by atoms with Crippen molar-refractivity contribution in [1.29, 1.82) is 0 Å². The van der Waals surface area contributed by atoms with E-state index in [1.165, 1.54) is 11.3 Å². The van der Waals surface area contributed by atoms with E-state index in [0.717, 1.165) is 30.4 Å². The second kappa shape index (κ2) is 8.54. The Morgan fingerprint density at radius 1 is 1.26 bits per heavy atom. The third-order valence-corrected chi connectivity index (χ3v) is 8.35. The molecule has 1 aliphatic rings. The Labute approximate surface area is 165 Å². The van der Waals surface area contributed by atoms with Crippen LogP contribution in [-0.2, 0) is 10.0 Å². The van der Waals surface area contributed by atoms with Crippen LogP contribution in [0, 0.1) is 13.8 Å². The van der Waals surface area contributed by atoms with E-state index < -0.39 is 10.0 Å². The molecular formula is C20H26N2O3S2. The highest BCUT2D eigenvalue weighted by atomic mass is 32.2. The molecule has 0 bridgehead atoms. The summed E-state index contributed by atoms with van der Waals surface area (Å²) in [5.41, 5.74) is 2.75. The van der Waals surface area contributed by atoms with Gasteiger partial charge in [-0.2, -0.15) is 4.31 Å². The molecule has 0 saturated carbocycles. The number of hydrogen-bond donors (Lipinski definition) is 1. The van der Waals surface area contributed by atoms with Gasteiger partial charge in [-0.1, -0.05) is 30.2 Å². The molecule has 27 heavy (non-hydrogen) atoms. The summed E-state index contributed by atoms with van der Waals surface area (Å²) >= 11 is 1.25. The number of carbonyl (C=O) groups excluding carboxylic acids is 1. The fourth-order valence-electron chi connectivity index (χ4n) is 3.62. The smallest absolute Gasteiger partial charge is 0.252 e. The van der Waals surface area contributed by atoms with Gasteiger partial charge in [-0.15, -0.1) is 11.3 Å². The van der Waals surface area contributed by atoms with Crippen molar-refractivity contribution in [3.05, 3.63) is 52.4 Å². The van der Waals surface area contributed by atoms with Crippen LogP contribution >= 0.6 is 11.3 Å². The maximum atomic E-state index is 12.9. The van der Waals surface area contributed by atoms with E-state index in [9.17, 15) is 13.2 Å². The van der Waals surface area contributed by atoms with Gasteiger partial charge in [-0.25, -0.2) is 8.42 Å². The monoisotopic (exact) mass is 406 g/mol. The van der Waals surface area contributed by atoms with Crippen LogP contribution < -0.4 is 5.32 Å². The highest BCUT2D eigenvalue weighted by Gasteiger charge is 2.33. The molecular weight excluding hydrogens is 380 g/mol. The molecule has 1 N–H and O–H groups in total. The Balaban J connectivity index is 1.63. The molecule has 1 saturated heterocycles. The Morgan fingerprint density at radius 2 is 2.07 bits per heavy atom. The molecule has 1 aromatic carbocycles. The first-order valence-corrected chi connectivity index (χ1v) is 11.6. The average molecular weight is 407 g/mol. The van der Waals surface area contributed by atoms with Crippen LogP contribution in [0.2, 0.25) is 0 Å². The molecule has 1 fully saturated rings. The normalized spacial score (nSPS) is 18.4. The van der Waals surface area contributed by atoms with Gasteiger partial charge in [-0.3, -0.25) is 4.79 Å². The number of aryl methyl sites for hydroxylation is 2. The topological polar surface area (TPSA) is 66.5 Å². The van der Waals surface area contributed by atoms with Gasteiger partial charge in [0.2, 0.25) is 0 Å². The first kappa shape index (κ1) is 20.0. The van der Waals surface area contributed by atoms with Gasteiger partial charge >= 0.3 is 0 Å². The van der Waals surface area contributed by atoms with Gasteiger partial charge < -0.3 is 5.32 Å². The molecule has 5 nitrogen and oxygen atoms in total. The number of amides is 1. The van der Waals surface area contributed by atoms with Gasteiger partial charge in [0, 0.05) is 24.7 Å². The highest BCUT2D eigenvalue weighted by Crippen LogP contribution is 2.29. The minimum absolute atomic E-state index is 0.0646. The third-order valence-electron chi connectivity index (χ3n) is 5.02. The number of carbonyl (C=O) groups is 1. The van der Waals surface area contributed by atoms with E-state index >= 15 is 0 Å². The maximum absolute atomic E-state index is 12.9. The lowest BCUT2D eigenvalue weighted by Gasteiger charge is -2.34. The number of hydrogen-bond acceptors (Lipinski definition) is 4. The molecule has 146 valence electrons. The lowest BCUT2D eigenvalue weighted by molar-refractivity contribution is 0.0949. The minimum Gasteiger partial charge on any atom is -0.352 e. The molecule has 0 aliphatic carbocycles. The lowest BCUT2D eigenvalue weighted by atomic mass is 10.0. The molecule has 2 heterocycles. The van der Waals surface area contributed by atoms with Crippen LogP contribution in [0.5, 0.6) is 0 Å².